The summed E-state index contributed by atoms with van der Waals surface area (Å²) in [4.78, 5) is 12.5. The molecule has 5 nitrogen and oxygen atoms in total. The van der Waals surface area contributed by atoms with Gasteiger partial charge in [0.1, 0.15) is 11.3 Å². The van der Waals surface area contributed by atoms with Crippen molar-refractivity contribution >= 4 is 16.7 Å². The lowest BCUT2D eigenvalue weighted by Gasteiger charge is -2.07. The minimum atomic E-state index is 0.218. The van der Waals surface area contributed by atoms with Gasteiger partial charge < -0.3 is 10.5 Å². The van der Waals surface area contributed by atoms with E-state index in [1.54, 1.807) is 12.3 Å². The van der Waals surface area contributed by atoms with Gasteiger partial charge in [0, 0.05) is 17.3 Å². The highest BCUT2D eigenvalue weighted by Crippen LogP contribution is 2.27. The summed E-state index contributed by atoms with van der Waals surface area (Å²) in [5.41, 5.74) is 7.32. The summed E-state index contributed by atoms with van der Waals surface area (Å²) in [6, 6.07) is 11.5. The Morgan fingerprint density at radius 3 is 2.79 bits per heavy atom. The van der Waals surface area contributed by atoms with Crippen molar-refractivity contribution in [1.82, 2.24) is 15.0 Å². The highest BCUT2D eigenvalue weighted by Gasteiger charge is 2.07. The second kappa shape index (κ2) is 4.53. The van der Waals surface area contributed by atoms with Crippen LogP contribution in [-0.2, 0) is 0 Å². The van der Waals surface area contributed by atoms with E-state index in [4.69, 9.17) is 10.5 Å². The van der Waals surface area contributed by atoms with Crippen LogP contribution in [0.4, 0.5) is 5.82 Å². The van der Waals surface area contributed by atoms with Crippen LogP contribution >= 0.6 is 0 Å². The zero-order chi connectivity index (χ0) is 13.2. The number of rotatable bonds is 2. The Morgan fingerprint density at radius 2 is 1.95 bits per heavy atom. The number of hydrogen-bond acceptors (Lipinski definition) is 5. The van der Waals surface area contributed by atoms with E-state index >= 15 is 0 Å². The normalized spacial score (nSPS) is 10.6. The number of aromatic nitrogens is 3. The molecule has 2 heterocycles. The smallest absolute Gasteiger partial charge is 0.323 e. The second-order valence-electron chi connectivity index (χ2n) is 4.15. The maximum Gasteiger partial charge on any atom is 0.323 e. The van der Waals surface area contributed by atoms with Crippen LogP contribution < -0.4 is 10.5 Å². The van der Waals surface area contributed by atoms with Gasteiger partial charge in [0.2, 0.25) is 0 Å². The average Bonchev–Trinajstić information content (AvgIpc) is 2.39. The van der Waals surface area contributed by atoms with Gasteiger partial charge in [0.25, 0.3) is 0 Å². The SMILES string of the molecule is Cc1ccc2cccc(Oc3nccc(N)n3)c2n1. The molecule has 0 saturated carbocycles. The Bertz CT molecular complexity index is 742. The molecule has 0 saturated heterocycles. The molecule has 0 bridgehead atoms. The fourth-order valence-corrected chi connectivity index (χ4v) is 1.80. The first kappa shape index (κ1) is 11.4. The van der Waals surface area contributed by atoms with E-state index in [1.807, 2.05) is 37.3 Å². The van der Waals surface area contributed by atoms with Crippen molar-refractivity contribution in [3.05, 3.63) is 48.3 Å². The van der Waals surface area contributed by atoms with E-state index in [0.717, 1.165) is 16.6 Å². The summed E-state index contributed by atoms with van der Waals surface area (Å²) < 4.78 is 5.66. The van der Waals surface area contributed by atoms with Gasteiger partial charge in [-0.05, 0) is 25.1 Å². The summed E-state index contributed by atoms with van der Waals surface area (Å²) in [5, 5.41) is 1.01. The number of nitrogens with zero attached hydrogens (tertiary/aromatic N) is 3. The third kappa shape index (κ3) is 2.30. The first-order chi connectivity index (χ1) is 9.22. The summed E-state index contributed by atoms with van der Waals surface area (Å²) in [6.45, 7) is 1.94. The van der Waals surface area contributed by atoms with Crippen LogP contribution in [-0.4, -0.2) is 15.0 Å². The van der Waals surface area contributed by atoms with Gasteiger partial charge >= 0.3 is 6.01 Å². The zero-order valence-electron chi connectivity index (χ0n) is 10.4. The van der Waals surface area contributed by atoms with Gasteiger partial charge in [0.05, 0.1) is 0 Å². The Hall–Kier alpha value is -2.69. The molecule has 5 heteroatoms. The van der Waals surface area contributed by atoms with Crippen LogP contribution in [0.1, 0.15) is 5.69 Å². The van der Waals surface area contributed by atoms with Crippen molar-refractivity contribution in [1.29, 1.82) is 0 Å². The van der Waals surface area contributed by atoms with Crippen molar-refractivity contribution < 1.29 is 4.74 Å². The molecule has 0 unspecified atom stereocenters. The highest BCUT2D eigenvalue weighted by molar-refractivity contribution is 5.84. The summed E-state index contributed by atoms with van der Waals surface area (Å²) in [5.74, 6) is 0.987. The molecular formula is C14H12N4O. The van der Waals surface area contributed by atoms with Gasteiger partial charge in [0.15, 0.2) is 5.75 Å². The van der Waals surface area contributed by atoms with Gasteiger partial charge in [-0.1, -0.05) is 18.2 Å². The summed E-state index contributed by atoms with van der Waals surface area (Å²) >= 11 is 0. The van der Waals surface area contributed by atoms with Gasteiger partial charge in [-0.3, -0.25) is 0 Å². The molecule has 0 fully saturated rings. The van der Waals surface area contributed by atoms with Crippen LogP contribution in [0.15, 0.2) is 42.6 Å². The highest BCUT2D eigenvalue weighted by atomic mass is 16.5. The standard InChI is InChI=1S/C14H12N4O/c1-9-5-6-10-3-2-4-11(13(10)17-9)19-14-16-8-7-12(15)18-14/h2-8H,1H3,(H2,15,16,18). The molecule has 2 aromatic heterocycles. The molecule has 0 spiro atoms. The maximum atomic E-state index is 5.66. The average molecular weight is 252 g/mol. The molecular weight excluding hydrogens is 240 g/mol. The van der Waals surface area contributed by atoms with Crippen LogP contribution in [0, 0.1) is 6.92 Å². The minimum absolute atomic E-state index is 0.218. The van der Waals surface area contributed by atoms with Crippen molar-refractivity contribution in [3.8, 4) is 11.8 Å². The van der Waals surface area contributed by atoms with Crippen molar-refractivity contribution in [2.45, 2.75) is 6.92 Å². The summed E-state index contributed by atoms with van der Waals surface area (Å²) in [7, 11) is 0. The molecule has 94 valence electrons. The van der Waals surface area contributed by atoms with E-state index < -0.39 is 0 Å². The number of fused-ring (bicyclic) bond motifs is 1. The number of anilines is 1. The number of nitrogens with two attached hydrogens (primary N) is 1. The maximum absolute atomic E-state index is 5.66. The molecule has 1 aromatic carbocycles. The molecule has 0 aliphatic heterocycles. The molecule has 0 aliphatic carbocycles. The van der Waals surface area contributed by atoms with E-state index in [2.05, 4.69) is 15.0 Å². The van der Waals surface area contributed by atoms with E-state index in [1.165, 1.54) is 0 Å². The number of ether oxygens (including phenoxy) is 1. The van der Waals surface area contributed by atoms with Crippen LogP contribution in [0.3, 0.4) is 0 Å². The lowest BCUT2D eigenvalue weighted by atomic mass is 10.2. The molecule has 2 N–H and O–H groups in total. The largest absolute Gasteiger partial charge is 0.422 e. The zero-order valence-corrected chi connectivity index (χ0v) is 10.4. The Morgan fingerprint density at radius 1 is 1.05 bits per heavy atom. The number of aryl methyl sites for hydroxylation is 1. The van der Waals surface area contributed by atoms with Crippen LogP contribution in [0.5, 0.6) is 11.8 Å². The van der Waals surface area contributed by atoms with E-state index in [0.29, 0.717) is 11.6 Å². The predicted molar refractivity (Wildman–Crippen MR) is 73.0 cm³/mol. The van der Waals surface area contributed by atoms with Gasteiger partial charge in [-0.25, -0.2) is 9.97 Å². The Labute approximate surface area is 110 Å². The number of nitrogen functional groups attached to an aromatic ring is 1. The molecule has 0 atom stereocenters. The molecule has 19 heavy (non-hydrogen) atoms. The fourth-order valence-electron chi connectivity index (χ4n) is 1.80. The van der Waals surface area contributed by atoms with Gasteiger partial charge in [-0.15, -0.1) is 0 Å². The first-order valence-corrected chi connectivity index (χ1v) is 5.85. The molecule has 3 rings (SSSR count). The predicted octanol–water partition coefficient (Wildman–Crippen LogP) is 2.71. The van der Waals surface area contributed by atoms with E-state index in [-0.39, 0.29) is 6.01 Å². The molecule has 0 radical (unpaired) electrons. The number of hydrogen-bond donors (Lipinski definition) is 1. The van der Waals surface area contributed by atoms with E-state index in [9.17, 15) is 0 Å². The monoisotopic (exact) mass is 252 g/mol. The molecule has 0 aliphatic rings. The van der Waals surface area contributed by atoms with Crippen LogP contribution in [0.2, 0.25) is 0 Å². The lowest BCUT2D eigenvalue weighted by Crippen LogP contribution is -1.96. The third-order valence-corrected chi connectivity index (χ3v) is 2.68. The lowest BCUT2D eigenvalue weighted by molar-refractivity contribution is 0.446. The van der Waals surface area contributed by atoms with Crippen LogP contribution in [0.25, 0.3) is 10.9 Å². The first-order valence-electron chi connectivity index (χ1n) is 5.85. The summed E-state index contributed by atoms with van der Waals surface area (Å²) in [6.07, 6.45) is 1.56. The minimum Gasteiger partial charge on any atom is -0.422 e. The number of benzene rings is 1. The quantitative estimate of drug-likeness (QED) is 0.759. The Kier molecular flexibility index (Phi) is 2.72. The van der Waals surface area contributed by atoms with Crippen molar-refractivity contribution in [3.63, 3.8) is 0 Å². The molecule has 0 amide bonds. The second-order valence-corrected chi connectivity index (χ2v) is 4.15. The topological polar surface area (TPSA) is 73.9 Å². The third-order valence-electron chi connectivity index (χ3n) is 2.68. The number of para-hydroxylation sites is 1. The van der Waals surface area contributed by atoms with Crippen molar-refractivity contribution in [2.24, 2.45) is 0 Å². The fraction of sp³-hybridized carbons (Fsp3) is 0.0714. The molecule has 3 aromatic rings. The Balaban J connectivity index is 2.07. The number of pyridine rings is 1. The van der Waals surface area contributed by atoms with Crippen molar-refractivity contribution in [2.75, 3.05) is 5.73 Å². The van der Waals surface area contributed by atoms with Gasteiger partial charge in [-0.2, -0.15) is 4.98 Å².